The Morgan fingerprint density at radius 3 is 1.88 bits per heavy atom. The van der Waals surface area contributed by atoms with Crippen LogP contribution in [0.5, 0.6) is 0 Å². The maximum Gasteiger partial charge on any atom is 0.411 e. The first-order valence-corrected chi connectivity index (χ1v) is 8.15. The molecule has 0 unspecified atom stereocenters. The number of amides is 2. The lowest BCUT2D eigenvalue weighted by atomic mass is 9.87. The summed E-state index contributed by atoms with van der Waals surface area (Å²) in [5, 5.41) is 5.32. The number of carbonyl (C=O) groups is 2. The quantitative estimate of drug-likeness (QED) is 0.848. The van der Waals surface area contributed by atoms with Gasteiger partial charge in [-0.05, 0) is 40.8 Å². The number of anilines is 2. The van der Waals surface area contributed by atoms with Gasteiger partial charge in [0.2, 0.25) is 5.91 Å². The van der Waals surface area contributed by atoms with Crippen LogP contribution in [0.4, 0.5) is 16.2 Å². The lowest BCUT2D eigenvalue weighted by Crippen LogP contribution is -2.14. The van der Waals surface area contributed by atoms with Crippen LogP contribution in [0.1, 0.15) is 38.8 Å². The Balaban J connectivity index is 1.85. The standard InChI is InChI=1S/C20H24N2O3/c1-14(23)21-17-9-11-18(12-10-17)22-19(24)25-13-15-5-7-16(8-6-15)20(2,3)4/h5-12H,13H2,1-4H3,(H,21,23)(H,22,24). The van der Waals surface area contributed by atoms with E-state index in [-0.39, 0.29) is 17.9 Å². The molecule has 0 aliphatic carbocycles. The molecule has 0 aliphatic heterocycles. The van der Waals surface area contributed by atoms with Crippen molar-refractivity contribution in [2.24, 2.45) is 0 Å². The molecule has 5 heteroatoms. The molecule has 5 nitrogen and oxygen atoms in total. The number of nitrogens with one attached hydrogen (secondary N) is 2. The van der Waals surface area contributed by atoms with Gasteiger partial charge in [-0.1, -0.05) is 45.0 Å². The molecule has 0 radical (unpaired) electrons. The van der Waals surface area contributed by atoms with Gasteiger partial charge in [-0.25, -0.2) is 4.79 Å². The predicted octanol–water partition coefficient (Wildman–Crippen LogP) is 4.69. The van der Waals surface area contributed by atoms with Gasteiger partial charge in [0.15, 0.2) is 0 Å². The highest BCUT2D eigenvalue weighted by molar-refractivity contribution is 5.89. The van der Waals surface area contributed by atoms with Crippen LogP contribution in [0.2, 0.25) is 0 Å². The lowest BCUT2D eigenvalue weighted by molar-refractivity contribution is -0.114. The van der Waals surface area contributed by atoms with E-state index in [4.69, 9.17) is 4.74 Å². The topological polar surface area (TPSA) is 67.4 Å². The number of carbonyl (C=O) groups excluding carboxylic acids is 2. The molecular weight excluding hydrogens is 316 g/mol. The Morgan fingerprint density at radius 1 is 0.880 bits per heavy atom. The van der Waals surface area contributed by atoms with E-state index in [1.54, 1.807) is 24.3 Å². The van der Waals surface area contributed by atoms with E-state index in [2.05, 4.69) is 43.5 Å². The van der Waals surface area contributed by atoms with E-state index in [1.807, 2.05) is 12.1 Å². The fourth-order valence-corrected chi connectivity index (χ4v) is 2.24. The van der Waals surface area contributed by atoms with Gasteiger partial charge in [0, 0.05) is 18.3 Å². The van der Waals surface area contributed by atoms with Crippen LogP contribution in [0.3, 0.4) is 0 Å². The predicted molar refractivity (Wildman–Crippen MR) is 99.7 cm³/mol. The second kappa shape index (κ2) is 7.83. The molecule has 2 amide bonds. The van der Waals surface area contributed by atoms with Crippen LogP contribution in [-0.4, -0.2) is 12.0 Å². The Kier molecular flexibility index (Phi) is 5.80. The molecule has 2 N–H and O–H groups in total. The third-order valence-corrected chi connectivity index (χ3v) is 3.64. The Morgan fingerprint density at radius 2 is 1.40 bits per heavy atom. The van der Waals surface area contributed by atoms with Gasteiger partial charge < -0.3 is 10.1 Å². The molecule has 0 atom stereocenters. The highest BCUT2D eigenvalue weighted by Crippen LogP contribution is 2.22. The second-order valence-electron chi connectivity index (χ2n) is 6.91. The van der Waals surface area contributed by atoms with Crippen molar-refractivity contribution < 1.29 is 14.3 Å². The molecule has 0 bridgehead atoms. The number of hydrogen-bond donors (Lipinski definition) is 2. The summed E-state index contributed by atoms with van der Waals surface area (Å²) in [6, 6.07) is 14.9. The minimum atomic E-state index is -0.521. The maximum absolute atomic E-state index is 11.9. The number of hydrogen-bond acceptors (Lipinski definition) is 3. The minimum absolute atomic E-state index is 0.0974. The summed E-state index contributed by atoms with van der Waals surface area (Å²) >= 11 is 0. The minimum Gasteiger partial charge on any atom is -0.444 e. The molecular formula is C20H24N2O3. The van der Waals surface area contributed by atoms with Gasteiger partial charge in [-0.2, -0.15) is 0 Å². The summed E-state index contributed by atoms with van der Waals surface area (Å²) in [5.74, 6) is -0.141. The highest BCUT2D eigenvalue weighted by Gasteiger charge is 2.13. The second-order valence-corrected chi connectivity index (χ2v) is 6.91. The van der Waals surface area contributed by atoms with Gasteiger partial charge in [0.1, 0.15) is 6.61 Å². The third-order valence-electron chi connectivity index (χ3n) is 3.64. The monoisotopic (exact) mass is 340 g/mol. The third kappa shape index (κ3) is 5.95. The molecule has 2 rings (SSSR count). The fraction of sp³-hybridized carbons (Fsp3) is 0.300. The first-order chi connectivity index (χ1) is 11.7. The lowest BCUT2D eigenvalue weighted by Gasteiger charge is -2.19. The van der Waals surface area contributed by atoms with Gasteiger partial charge >= 0.3 is 6.09 Å². The molecule has 0 heterocycles. The largest absolute Gasteiger partial charge is 0.444 e. The molecule has 132 valence electrons. The van der Waals surface area contributed by atoms with Crippen molar-refractivity contribution in [1.29, 1.82) is 0 Å². The van der Waals surface area contributed by atoms with E-state index in [1.165, 1.54) is 12.5 Å². The zero-order valence-corrected chi connectivity index (χ0v) is 15.1. The molecule has 0 fully saturated rings. The van der Waals surface area contributed by atoms with E-state index in [0.29, 0.717) is 11.4 Å². The molecule has 0 saturated carbocycles. The molecule has 2 aromatic carbocycles. The van der Waals surface area contributed by atoms with E-state index in [0.717, 1.165) is 5.56 Å². The first kappa shape index (κ1) is 18.5. The van der Waals surface area contributed by atoms with Crippen LogP contribution in [0, 0.1) is 0 Å². The summed E-state index contributed by atoms with van der Waals surface area (Å²) in [5.41, 5.74) is 3.54. The van der Waals surface area contributed by atoms with Crippen molar-refractivity contribution in [3.8, 4) is 0 Å². The Bertz CT molecular complexity index is 729. The summed E-state index contributed by atoms with van der Waals surface area (Å²) in [7, 11) is 0. The summed E-state index contributed by atoms with van der Waals surface area (Å²) in [6.07, 6.45) is -0.521. The van der Waals surface area contributed by atoms with Crippen molar-refractivity contribution in [2.45, 2.75) is 39.7 Å². The molecule has 0 saturated heterocycles. The average molecular weight is 340 g/mol. The van der Waals surface area contributed by atoms with Crippen molar-refractivity contribution in [3.63, 3.8) is 0 Å². The van der Waals surface area contributed by atoms with E-state index < -0.39 is 6.09 Å². The van der Waals surface area contributed by atoms with Crippen LogP contribution in [0.25, 0.3) is 0 Å². The van der Waals surface area contributed by atoms with Crippen molar-refractivity contribution >= 4 is 23.4 Å². The van der Waals surface area contributed by atoms with Crippen LogP contribution < -0.4 is 10.6 Å². The molecule has 0 aliphatic rings. The zero-order chi connectivity index (χ0) is 18.4. The van der Waals surface area contributed by atoms with Crippen molar-refractivity contribution in [3.05, 3.63) is 59.7 Å². The molecule has 25 heavy (non-hydrogen) atoms. The smallest absolute Gasteiger partial charge is 0.411 e. The first-order valence-electron chi connectivity index (χ1n) is 8.15. The van der Waals surface area contributed by atoms with Crippen LogP contribution >= 0.6 is 0 Å². The van der Waals surface area contributed by atoms with Crippen LogP contribution in [-0.2, 0) is 21.6 Å². The Hall–Kier alpha value is -2.82. The van der Waals surface area contributed by atoms with Crippen LogP contribution in [0.15, 0.2) is 48.5 Å². The Labute approximate surface area is 148 Å². The number of rotatable bonds is 4. The van der Waals surface area contributed by atoms with Crippen molar-refractivity contribution in [1.82, 2.24) is 0 Å². The van der Waals surface area contributed by atoms with Gasteiger partial charge in [0.25, 0.3) is 0 Å². The SMILES string of the molecule is CC(=O)Nc1ccc(NC(=O)OCc2ccc(C(C)(C)C)cc2)cc1. The van der Waals surface area contributed by atoms with Gasteiger partial charge in [0.05, 0.1) is 0 Å². The fourth-order valence-electron chi connectivity index (χ4n) is 2.24. The normalized spacial score (nSPS) is 10.9. The van der Waals surface area contributed by atoms with Crippen molar-refractivity contribution in [2.75, 3.05) is 10.6 Å². The number of benzene rings is 2. The highest BCUT2D eigenvalue weighted by atomic mass is 16.5. The number of ether oxygens (including phenoxy) is 1. The average Bonchev–Trinajstić information content (AvgIpc) is 2.54. The summed E-state index contributed by atoms with van der Waals surface area (Å²) in [4.78, 5) is 22.8. The van der Waals surface area contributed by atoms with E-state index >= 15 is 0 Å². The summed E-state index contributed by atoms with van der Waals surface area (Å²) < 4.78 is 5.23. The van der Waals surface area contributed by atoms with Gasteiger partial charge in [-0.3, -0.25) is 10.1 Å². The van der Waals surface area contributed by atoms with E-state index in [9.17, 15) is 9.59 Å². The molecule has 0 aromatic heterocycles. The maximum atomic E-state index is 11.9. The van der Waals surface area contributed by atoms with Gasteiger partial charge in [-0.15, -0.1) is 0 Å². The summed E-state index contributed by atoms with van der Waals surface area (Å²) in [6.45, 7) is 8.12. The molecule has 0 spiro atoms. The molecule has 2 aromatic rings. The zero-order valence-electron chi connectivity index (χ0n) is 15.1.